The van der Waals surface area contributed by atoms with Crippen LogP contribution < -0.4 is 5.32 Å². The van der Waals surface area contributed by atoms with Crippen LogP contribution in [0.2, 0.25) is 0 Å². The van der Waals surface area contributed by atoms with Crippen LogP contribution in [0.25, 0.3) is 0 Å². The minimum Gasteiger partial charge on any atom is -0.481 e. The lowest BCUT2D eigenvalue weighted by Crippen LogP contribution is -2.40. The molecule has 0 radical (unpaired) electrons. The Morgan fingerprint density at radius 1 is 1.00 bits per heavy atom. The number of nitrogens with zero attached hydrogens (tertiary/aromatic N) is 1. The molecular weight excluding hydrogens is 344 g/mol. The molecule has 2 N–H and O–H groups in total. The van der Waals surface area contributed by atoms with Crippen LogP contribution in [0.1, 0.15) is 39.1 Å². The lowest BCUT2D eigenvalue weighted by Gasteiger charge is -2.30. The number of aliphatic carboxylic acids is 1. The number of rotatable bonds is 4. The minimum absolute atomic E-state index is 0.115. The lowest BCUT2D eigenvalue weighted by atomic mass is 9.96. The van der Waals surface area contributed by atoms with Gasteiger partial charge in [-0.15, -0.1) is 0 Å². The third kappa shape index (κ3) is 4.34. The Bertz CT molecular complexity index is 853. The van der Waals surface area contributed by atoms with Crippen molar-refractivity contribution in [2.75, 3.05) is 18.4 Å². The molecule has 3 rings (SSSR count). The zero-order valence-corrected chi connectivity index (χ0v) is 15.1. The predicted molar refractivity (Wildman–Crippen MR) is 102 cm³/mol. The highest BCUT2D eigenvalue weighted by Gasteiger charge is 2.27. The second kappa shape index (κ2) is 8.03. The molecule has 6 heteroatoms. The molecule has 6 nitrogen and oxygen atoms in total. The van der Waals surface area contributed by atoms with E-state index in [1.165, 1.54) is 0 Å². The van der Waals surface area contributed by atoms with Crippen LogP contribution in [-0.2, 0) is 4.79 Å². The average Bonchev–Trinajstić information content (AvgIpc) is 2.68. The van der Waals surface area contributed by atoms with E-state index in [1.807, 2.05) is 25.1 Å². The molecular formula is C21H22N2O4. The van der Waals surface area contributed by atoms with Crippen molar-refractivity contribution in [3.05, 3.63) is 65.2 Å². The van der Waals surface area contributed by atoms with Crippen molar-refractivity contribution in [1.82, 2.24) is 4.90 Å². The summed E-state index contributed by atoms with van der Waals surface area (Å²) in [6, 6.07) is 14.1. The van der Waals surface area contributed by atoms with E-state index in [0.29, 0.717) is 42.7 Å². The summed E-state index contributed by atoms with van der Waals surface area (Å²) in [5, 5.41) is 11.9. The quantitative estimate of drug-likeness (QED) is 0.870. The number of carbonyl (C=O) groups excluding carboxylic acids is 2. The van der Waals surface area contributed by atoms with E-state index in [4.69, 9.17) is 5.11 Å². The highest BCUT2D eigenvalue weighted by atomic mass is 16.4. The highest BCUT2D eigenvalue weighted by molar-refractivity contribution is 6.05. The first kappa shape index (κ1) is 18.6. The zero-order chi connectivity index (χ0) is 19.4. The van der Waals surface area contributed by atoms with Crippen LogP contribution in [-0.4, -0.2) is 40.9 Å². The van der Waals surface area contributed by atoms with Crippen LogP contribution in [0.5, 0.6) is 0 Å². The maximum absolute atomic E-state index is 12.6. The molecule has 1 saturated heterocycles. The van der Waals surface area contributed by atoms with Crippen molar-refractivity contribution < 1.29 is 19.5 Å². The van der Waals surface area contributed by atoms with Crippen LogP contribution in [0, 0.1) is 12.8 Å². The molecule has 2 aromatic rings. The molecule has 0 saturated carbocycles. The van der Waals surface area contributed by atoms with Crippen LogP contribution in [0.4, 0.5) is 5.69 Å². The number of anilines is 1. The first-order chi connectivity index (χ1) is 13.0. The van der Waals surface area contributed by atoms with Crippen LogP contribution in [0.15, 0.2) is 48.5 Å². The number of benzene rings is 2. The molecule has 1 heterocycles. The standard InChI is InChI=1S/C21H22N2O4/c1-14-4-2-3-5-18(14)19(24)22-17-8-6-15(7-9-17)20(25)23-12-10-16(11-13-23)21(26)27/h2-9,16H,10-13H2,1H3,(H,22,24)(H,26,27). The van der Waals surface area contributed by atoms with E-state index >= 15 is 0 Å². The van der Waals surface area contributed by atoms with Crippen molar-refractivity contribution in [2.24, 2.45) is 5.92 Å². The van der Waals surface area contributed by atoms with E-state index in [9.17, 15) is 14.4 Å². The highest BCUT2D eigenvalue weighted by Crippen LogP contribution is 2.20. The van der Waals surface area contributed by atoms with Gasteiger partial charge in [-0.25, -0.2) is 0 Å². The molecule has 0 bridgehead atoms. The molecule has 1 aliphatic rings. The number of hydrogen-bond acceptors (Lipinski definition) is 3. The summed E-state index contributed by atoms with van der Waals surface area (Å²) in [4.78, 5) is 37.6. The topological polar surface area (TPSA) is 86.7 Å². The third-order valence-corrected chi connectivity index (χ3v) is 4.91. The summed E-state index contributed by atoms with van der Waals surface area (Å²) in [6.07, 6.45) is 0.956. The first-order valence-electron chi connectivity index (χ1n) is 8.95. The van der Waals surface area contributed by atoms with Crippen molar-refractivity contribution in [3.8, 4) is 0 Å². The van der Waals surface area contributed by atoms with Gasteiger partial charge in [-0.3, -0.25) is 14.4 Å². The molecule has 2 amide bonds. The number of nitrogens with one attached hydrogen (secondary N) is 1. The SMILES string of the molecule is Cc1ccccc1C(=O)Nc1ccc(C(=O)N2CCC(C(=O)O)CC2)cc1. The van der Waals surface area contributed by atoms with Crippen molar-refractivity contribution in [3.63, 3.8) is 0 Å². The van der Waals surface area contributed by atoms with E-state index in [-0.39, 0.29) is 17.7 Å². The number of carboxylic acids is 1. The molecule has 140 valence electrons. The molecule has 1 aliphatic heterocycles. The molecule has 2 aromatic carbocycles. The molecule has 0 spiro atoms. The van der Waals surface area contributed by atoms with Gasteiger partial charge in [-0.2, -0.15) is 0 Å². The lowest BCUT2D eigenvalue weighted by molar-refractivity contribution is -0.143. The Morgan fingerprint density at radius 3 is 2.22 bits per heavy atom. The Hall–Kier alpha value is -3.15. The second-order valence-corrected chi connectivity index (χ2v) is 6.75. The summed E-state index contributed by atoms with van der Waals surface area (Å²) < 4.78 is 0. The normalized spacial score (nSPS) is 14.6. The van der Waals surface area contributed by atoms with E-state index < -0.39 is 5.97 Å². The largest absolute Gasteiger partial charge is 0.481 e. The van der Waals surface area contributed by atoms with Gasteiger partial charge in [-0.05, 0) is 55.7 Å². The third-order valence-electron chi connectivity index (χ3n) is 4.91. The molecule has 0 unspecified atom stereocenters. The Kier molecular flexibility index (Phi) is 5.54. The maximum Gasteiger partial charge on any atom is 0.306 e. The molecule has 0 aromatic heterocycles. The van der Waals surface area contributed by atoms with Crippen LogP contribution >= 0.6 is 0 Å². The van der Waals surface area contributed by atoms with Gasteiger partial charge in [-0.1, -0.05) is 18.2 Å². The molecule has 27 heavy (non-hydrogen) atoms. The van der Waals surface area contributed by atoms with E-state index in [2.05, 4.69) is 5.32 Å². The number of carbonyl (C=O) groups is 3. The Balaban J connectivity index is 1.62. The number of piperidine rings is 1. The van der Waals surface area contributed by atoms with Gasteiger partial charge in [0.1, 0.15) is 0 Å². The van der Waals surface area contributed by atoms with Gasteiger partial charge in [0.2, 0.25) is 0 Å². The summed E-state index contributed by atoms with van der Waals surface area (Å²) in [5.74, 6) is -1.47. The Labute approximate surface area is 157 Å². The number of hydrogen-bond donors (Lipinski definition) is 2. The molecule has 0 atom stereocenters. The monoisotopic (exact) mass is 366 g/mol. The van der Waals surface area contributed by atoms with Gasteiger partial charge in [0.05, 0.1) is 5.92 Å². The summed E-state index contributed by atoms with van der Waals surface area (Å²) in [6.45, 7) is 2.77. The summed E-state index contributed by atoms with van der Waals surface area (Å²) >= 11 is 0. The van der Waals surface area contributed by atoms with E-state index in [1.54, 1.807) is 35.2 Å². The average molecular weight is 366 g/mol. The fourth-order valence-corrected chi connectivity index (χ4v) is 3.23. The summed E-state index contributed by atoms with van der Waals surface area (Å²) in [7, 11) is 0. The molecule has 0 aliphatic carbocycles. The van der Waals surface area contributed by atoms with Crippen molar-refractivity contribution in [1.29, 1.82) is 0 Å². The second-order valence-electron chi connectivity index (χ2n) is 6.75. The fraction of sp³-hybridized carbons (Fsp3) is 0.286. The van der Waals surface area contributed by atoms with Crippen molar-refractivity contribution in [2.45, 2.75) is 19.8 Å². The fourth-order valence-electron chi connectivity index (χ4n) is 3.23. The number of amides is 2. The molecule has 1 fully saturated rings. The minimum atomic E-state index is -0.796. The van der Waals surface area contributed by atoms with Gasteiger partial charge >= 0.3 is 5.97 Å². The van der Waals surface area contributed by atoms with Gasteiger partial charge in [0.15, 0.2) is 0 Å². The van der Waals surface area contributed by atoms with Gasteiger partial charge in [0.25, 0.3) is 11.8 Å². The van der Waals surface area contributed by atoms with Crippen LogP contribution in [0.3, 0.4) is 0 Å². The predicted octanol–water partition coefficient (Wildman–Crippen LogP) is 3.18. The Morgan fingerprint density at radius 2 is 1.63 bits per heavy atom. The number of likely N-dealkylation sites (tertiary alicyclic amines) is 1. The number of carboxylic acid groups (broad SMARTS) is 1. The zero-order valence-electron chi connectivity index (χ0n) is 15.1. The summed E-state index contributed by atoms with van der Waals surface area (Å²) in [5.41, 5.74) is 2.65. The van der Waals surface area contributed by atoms with E-state index in [0.717, 1.165) is 5.56 Å². The van der Waals surface area contributed by atoms with Gasteiger partial charge in [0, 0.05) is 29.9 Å². The smallest absolute Gasteiger partial charge is 0.306 e. The number of aryl methyl sites for hydroxylation is 1. The first-order valence-corrected chi connectivity index (χ1v) is 8.95. The van der Waals surface area contributed by atoms with Gasteiger partial charge < -0.3 is 15.3 Å². The van der Waals surface area contributed by atoms with Crippen molar-refractivity contribution >= 4 is 23.5 Å². The maximum atomic E-state index is 12.6.